The van der Waals surface area contributed by atoms with Crippen LogP contribution >= 0.6 is 0 Å². The molecule has 0 spiro atoms. The summed E-state index contributed by atoms with van der Waals surface area (Å²) in [5, 5.41) is 43.1. The number of sulfone groups is 1. The number of nitrogens with zero attached hydrogens (tertiary/aromatic N) is 2. The van der Waals surface area contributed by atoms with Crippen molar-refractivity contribution in [2.45, 2.75) is 50.3 Å². The second kappa shape index (κ2) is 8.88. The first-order valence-corrected chi connectivity index (χ1v) is 11.0. The standard InChI is InChI=1S/C20H24N2O8S/c1-11(2)5-13-7-15(9-17(19(13)23)21(25)26)31(29,30)16-8-14(6-12(3)4)20(24)18(10-16)22(27)28/h7-12,23-24H,5-6H2,1-4H3. The Labute approximate surface area is 179 Å². The van der Waals surface area contributed by atoms with E-state index in [1.807, 2.05) is 0 Å². The lowest BCUT2D eigenvalue weighted by Crippen LogP contribution is -2.08. The lowest BCUT2D eigenvalue weighted by Gasteiger charge is -2.13. The summed E-state index contributed by atoms with van der Waals surface area (Å²) in [4.78, 5) is 20.0. The van der Waals surface area contributed by atoms with E-state index in [-0.39, 0.29) is 35.8 Å². The molecule has 0 aliphatic heterocycles. The van der Waals surface area contributed by atoms with E-state index in [1.54, 1.807) is 27.7 Å². The van der Waals surface area contributed by atoms with Crippen molar-refractivity contribution >= 4 is 21.2 Å². The quantitative estimate of drug-likeness (QED) is 0.446. The van der Waals surface area contributed by atoms with E-state index in [0.717, 1.165) is 24.3 Å². The topological polar surface area (TPSA) is 161 Å². The molecule has 0 radical (unpaired) electrons. The van der Waals surface area contributed by atoms with Gasteiger partial charge in [-0.25, -0.2) is 8.42 Å². The first kappa shape index (κ1) is 24.1. The van der Waals surface area contributed by atoms with Crippen molar-refractivity contribution < 1.29 is 28.5 Å². The van der Waals surface area contributed by atoms with Gasteiger partial charge in [-0.05, 0) is 36.8 Å². The zero-order chi connectivity index (χ0) is 23.7. The Morgan fingerprint density at radius 1 is 0.774 bits per heavy atom. The Morgan fingerprint density at radius 2 is 1.10 bits per heavy atom. The van der Waals surface area contributed by atoms with Gasteiger partial charge in [-0.1, -0.05) is 27.7 Å². The fraction of sp³-hybridized carbons (Fsp3) is 0.400. The van der Waals surface area contributed by atoms with Crippen LogP contribution in [-0.2, 0) is 22.7 Å². The molecule has 2 aromatic rings. The van der Waals surface area contributed by atoms with Crippen LogP contribution in [0.4, 0.5) is 11.4 Å². The lowest BCUT2D eigenvalue weighted by molar-refractivity contribution is -0.386. The molecule has 0 heterocycles. The number of rotatable bonds is 8. The molecule has 0 atom stereocenters. The molecule has 0 saturated carbocycles. The second-order valence-electron chi connectivity index (χ2n) is 8.11. The van der Waals surface area contributed by atoms with Gasteiger partial charge < -0.3 is 10.2 Å². The van der Waals surface area contributed by atoms with Gasteiger partial charge in [0.1, 0.15) is 0 Å². The molecule has 2 aromatic carbocycles. The summed E-state index contributed by atoms with van der Waals surface area (Å²) in [5.74, 6) is -1.30. The molecule has 0 fully saturated rings. The molecule has 0 aliphatic carbocycles. The summed E-state index contributed by atoms with van der Waals surface area (Å²) in [6, 6.07) is 3.74. The number of phenolic OH excluding ortho intramolecular Hbond substituents is 2. The van der Waals surface area contributed by atoms with Crippen molar-refractivity contribution in [2.75, 3.05) is 0 Å². The third kappa shape index (κ3) is 5.10. The van der Waals surface area contributed by atoms with E-state index in [2.05, 4.69) is 0 Å². The molecule has 0 unspecified atom stereocenters. The Hall–Kier alpha value is -3.21. The van der Waals surface area contributed by atoms with Gasteiger partial charge in [0, 0.05) is 23.3 Å². The first-order chi connectivity index (χ1) is 14.2. The Balaban J connectivity index is 2.80. The smallest absolute Gasteiger partial charge is 0.312 e. The number of nitro benzene ring substituents is 2. The molecule has 2 rings (SSSR count). The fourth-order valence-electron chi connectivity index (χ4n) is 3.21. The van der Waals surface area contributed by atoms with Gasteiger partial charge in [0.15, 0.2) is 11.5 Å². The van der Waals surface area contributed by atoms with Crippen molar-refractivity contribution in [3.05, 3.63) is 55.6 Å². The molecule has 0 saturated heterocycles. The normalized spacial score (nSPS) is 11.8. The SMILES string of the molecule is CC(C)Cc1cc(S(=O)(=O)c2cc(CC(C)C)c(O)c([N+](=O)[O-])c2)cc([N+](=O)[O-])c1O. The summed E-state index contributed by atoms with van der Waals surface area (Å²) in [7, 11) is -4.43. The van der Waals surface area contributed by atoms with Gasteiger partial charge in [0.05, 0.1) is 19.6 Å². The molecule has 11 heteroatoms. The maximum Gasteiger partial charge on any atom is 0.312 e. The zero-order valence-corrected chi connectivity index (χ0v) is 18.3. The molecule has 0 amide bonds. The Morgan fingerprint density at radius 3 is 1.35 bits per heavy atom. The number of nitro groups is 2. The molecular formula is C20H24N2O8S. The van der Waals surface area contributed by atoms with E-state index in [4.69, 9.17) is 0 Å². The van der Waals surface area contributed by atoms with Crippen molar-refractivity contribution in [3.8, 4) is 11.5 Å². The van der Waals surface area contributed by atoms with E-state index >= 15 is 0 Å². The highest BCUT2D eigenvalue weighted by molar-refractivity contribution is 7.91. The minimum atomic E-state index is -4.43. The summed E-state index contributed by atoms with van der Waals surface area (Å²) in [5.41, 5.74) is -1.38. The average molecular weight is 452 g/mol. The van der Waals surface area contributed by atoms with E-state index in [0.29, 0.717) is 0 Å². The minimum Gasteiger partial charge on any atom is -0.502 e. The largest absolute Gasteiger partial charge is 0.502 e. The summed E-state index contributed by atoms with van der Waals surface area (Å²) < 4.78 is 26.5. The number of hydrogen-bond acceptors (Lipinski definition) is 8. The van der Waals surface area contributed by atoms with Crippen molar-refractivity contribution in [3.63, 3.8) is 0 Å². The third-order valence-corrected chi connectivity index (χ3v) is 6.27. The van der Waals surface area contributed by atoms with Gasteiger partial charge in [0.2, 0.25) is 9.84 Å². The number of aromatic hydroxyl groups is 2. The average Bonchev–Trinajstić information content (AvgIpc) is 2.63. The van der Waals surface area contributed by atoms with Crippen LogP contribution in [0.25, 0.3) is 0 Å². The van der Waals surface area contributed by atoms with Gasteiger partial charge in [0.25, 0.3) is 0 Å². The van der Waals surface area contributed by atoms with Crippen LogP contribution in [0.2, 0.25) is 0 Å². The second-order valence-corrected chi connectivity index (χ2v) is 10.1. The van der Waals surface area contributed by atoms with Crippen molar-refractivity contribution in [1.29, 1.82) is 0 Å². The Bertz CT molecular complexity index is 1060. The molecule has 10 nitrogen and oxygen atoms in total. The highest BCUT2D eigenvalue weighted by atomic mass is 32.2. The maximum atomic E-state index is 13.3. The van der Waals surface area contributed by atoms with Crippen LogP contribution in [0.15, 0.2) is 34.1 Å². The predicted molar refractivity (Wildman–Crippen MR) is 112 cm³/mol. The van der Waals surface area contributed by atoms with Crippen molar-refractivity contribution in [2.24, 2.45) is 11.8 Å². The lowest BCUT2D eigenvalue weighted by atomic mass is 10.0. The number of benzene rings is 2. The molecule has 2 N–H and O–H groups in total. The van der Waals surface area contributed by atoms with Crippen LogP contribution in [0.5, 0.6) is 11.5 Å². The summed E-state index contributed by atoms with van der Waals surface area (Å²) in [6.45, 7) is 7.20. The van der Waals surface area contributed by atoms with Gasteiger partial charge in [-0.15, -0.1) is 0 Å². The molecule has 168 valence electrons. The Kier molecular flexibility index (Phi) is 6.89. The van der Waals surface area contributed by atoms with Crippen LogP contribution < -0.4 is 0 Å². The van der Waals surface area contributed by atoms with E-state index < -0.39 is 52.3 Å². The number of hydrogen-bond donors (Lipinski definition) is 2. The molecule has 0 aromatic heterocycles. The molecule has 0 aliphatic rings. The van der Waals surface area contributed by atoms with Gasteiger partial charge >= 0.3 is 11.4 Å². The van der Waals surface area contributed by atoms with E-state index in [9.17, 15) is 38.9 Å². The number of phenols is 2. The third-order valence-electron chi connectivity index (χ3n) is 4.55. The van der Waals surface area contributed by atoms with E-state index in [1.165, 1.54) is 0 Å². The minimum absolute atomic E-state index is 0.0316. The predicted octanol–water partition coefficient (Wildman–Crippen LogP) is 4.14. The molecule has 0 bridgehead atoms. The maximum absolute atomic E-state index is 13.3. The summed E-state index contributed by atoms with van der Waals surface area (Å²) in [6.07, 6.45) is 0.370. The summed E-state index contributed by atoms with van der Waals surface area (Å²) >= 11 is 0. The molecular weight excluding hydrogens is 428 g/mol. The van der Waals surface area contributed by atoms with Crippen LogP contribution in [-0.4, -0.2) is 28.5 Å². The van der Waals surface area contributed by atoms with Gasteiger partial charge in [-0.3, -0.25) is 20.2 Å². The monoisotopic (exact) mass is 452 g/mol. The van der Waals surface area contributed by atoms with Crippen molar-refractivity contribution in [1.82, 2.24) is 0 Å². The zero-order valence-electron chi connectivity index (χ0n) is 17.5. The highest BCUT2D eigenvalue weighted by Gasteiger charge is 2.30. The first-order valence-electron chi connectivity index (χ1n) is 9.51. The van der Waals surface area contributed by atoms with Crippen LogP contribution in [0, 0.1) is 32.1 Å². The van der Waals surface area contributed by atoms with Crippen LogP contribution in [0.3, 0.4) is 0 Å². The van der Waals surface area contributed by atoms with Crippen LogP contribution in [0.1, 0.15) is 38.8 Å². The fourth-order valence-corrected chi connectivity index (χ4v) is 4.61. The highest BCUT2D eigenvalue weighted by Crippen LogP contribution is 2.39. The molecule has 31 heavy (non-hydrogen) atoms. The van der Waals surface area contributed by atoms with Gasteiger partial charge in [-0.2, -0.15) is 0 Å².